The van der Waals surface area contributed by atoms with Crippen LogP contribution < -0.4 is 11.1 Å². The average molecular weight is 430 g/mol. The van der Waals surface area contributed by atoms with E-state index in [2.05, 4.69) is 15.4 Å². The SMILES string of the molecule is CC1=C(C(N)=O)C(c2ccccc2F)n2nc(SCc3ccccc3Cl)nc2N1. The number of carbonyl (C=O) groups is 1. The van der Waals surface area contributed by atoms with Crippen LogP contribution in [0.2, 0.25) is 5.02 Å². The molecule has 1 amide bonds. The average Bonchev–Trinajstić information content (AvgIpc) is 3.09. The molecule has 3 aromatic rings. The van der Waals surface area contributed by atoms with Crippen molar-refractivity contribution in [1.29, 1.82) is 0 Å². The summed E-state index contributed by atoms with van der Waals surface area (Å²) in [6.07, 6.45) is 0. The van der Waals surface area contributed by atoms with Crippen molar-refractivity contribution in [2.24, 2.45) is 5.73 Å². The predicted molar refractivity (Wildman–Crippen MR) is 111 cm³/mol. The van der Waals surface area contributed by atoms with Crippen molar-refractivity contribution in [3.63, 3.8) is 0 Å². The number of halogens is 2. The van der Waals surface area contributed by atoms with E-state index in [-0.39, 0.29) is 5.57 Å². The molecular formula is C20H17ClFN5OS. The number of nitrogens with one attached hydrogen (secondary N) is 1. The van der Waals surface area contributed by atoms with Gasteiger partial charge in [0.1, 0.15) is 11.9 Å². The Balaban J connectivity index is 1.72. The highest BCUT2D eigenvalue weighted by atomic mass is 35.5. The summed E-state index contributed by atoms with van der Waals surface area (Å²) in [5.41, 5.74) is 7.64. The van der Waals surface area contributed by atoms with E-state index < -0.39 is 17.8 Å². The molecule has 29 heavy (non-hydrogen) atoms. The summed E-state index contributed by atoms with van der Waals surface area (Å²) < 4.78 is 16.1. The molecule has 1 aliphatic rings. The van der Waals surface area contributed by atoms with Crippen LogP contribution in [0.3, 0.4) is 0 Å². The van der Waals surface area contributed by atoms with E-state index in [0.717, 1.165) is 5.56 Å². The van der Waals surface area contributed by atoms with Gasteiger partial charge in [-0.25, -0.2) is 9.07 Å². The summed E-state index contributed by atoms with van der Waals surface area (Å²) in [6.45, 7) is 1.71. The maximum atomic E-state index is 14.6. The molecule has 3 N–H and O–H groups in total. The summed E-state index contributed by atoms with van der Waals surface area (Å²) in [6, 6.07) is 13.0. The van der Waals surface area contributed by atoms with Gasteiger partial charge in [-0.2, -0.15) is 4.98 Å². The molecule has 0 saturated heterocycles. The van der Waals surface area contributed by atoms with Crippen LogP contribution in [0.15, 0.2) is 65.0 Å². The van der Waals surface area contributed by atoms with E-state index in [1.165, 1.54) is 22.5 Å². The lowest BCUT2D eigenvalue weighted by Gasteiger charge is -2.27. The van der Waals surface area contributed by atoms with E-state index in [4.69, 9.17) is 17.3 Å². The predicted octanol–water partition coefficient (Wildman–Crippen LogP) is 4.14. The lowest BCUT2D eigenvalue weighted by atomic mass is 9.95. The summed E-state index contributed by atoms with van der Waals surface area (Å²) in [7, 11) is 0. The van der Waals surface area contributed by atoms with Gasteiger partial charge in [0.05, 0.1) is 5.57 Å². The molecule has 1 atom stereocenters. The van der Waals surface area contributed by atoms with Gasteiger partial charge in [0.2, 0.25) is 17.0 Å². The Labute approximate surface area is 176 Å². The highest BCUT2D eigenvalue weighted by Crippen LogP contribution is 2.37. The fourth-order valence-electron chi connectivity index (χ4n) is 3.25. The summed E-state index contributed by atoms with van der Waals surface area (Å²) in [4.78, 5) is 16.6. The lowest BCUT2D eigenvalue weighted by molar-refractivity contribution is -0.115. The number of nitrogens with zero attached hydrogens (tertiary/aromatic N) is 3. The van der Waals surface area contributed by atoms with Gasteiger partial charge >= 0.3 is 0 Å². The van der Waals surface area contributed by atoms with E-state index in [9.17, 15) is 9.18 Å². The van der Waals surface area contributed by atoms with Crippen molar-refractivity contribution in [2.75, 3.05) is 5.32 Å². The number of fused-ring (bicyclic) bond motifs is 1. The largest absolute Gasteiger partial charge is 0.366 e. The third-order valence-electron chi connectivity index (χ3n) is 4.61. The standard InChI is InChI=1S/C20H17ClFN5OS/c1-11-16(18(23)28)17(13-7-3-5-9-15(13)22)27-19(24-11)25-20(26-27)29-10-12-6-2-4-8-14(12)21/h2-9,17H,10H2,1H3,(H2,23,28)(H,24,25,26). The molecule has 0 bridgehead atoms. The van der Waals surface area contributed by atoms with Crippen LogP contribution in [-0.2, 0) is 10.5 Å². The Kier molecular flexibility index (Phi) is 5.29. The second-order valence-electron chi connectivity index (χ2n) is 6.49. The van der Waals surface area contributed by atoms with Crippen molar-refractivity contribution in [3.05, 3.63) is 81.8 Å². The molecule has 1 aromatic heterocycles. The number of hydrogen-bond donors (Lipinski definition) is 2. The Bertz CT molecular complexity index is 1130. The quantitative estimate of drug-likeness (QED) is 0.595. The number of hydrogen-bond acceptors (Lipinski definition) is 5. The van der Waals surface area contributed by atoms with Crippen molar-refractivity contribution in [3.8, 4) is 0 Å². The molecule has 148 valence electrons. The monoisotopic (exact) mass is 429 g/mol. The second kappa shape index (κ2) is 7.88. The number of thioether (sulfide) groups is 1. The molecule has 2 aromatic carbocycles. The Morgan fingerprint density at radius 3 is 2.72 bits per heavy atom. The smallest absolute Gasteiger partial charge is 0.248 e. The molecule has 4 rings (SSSR count). The maximum Gasteiger partial charge on any atom is 0.248 e. The number of rotatable bonds is 5. The topological polar surface area (TPSA) is 85.8 Å². The van der Waals surface area contributed by atoms with Gasteiger partial charge < -0.3 is 11.1 Å². The molecule has 6 nitrogen and oxygen atoms in total. The number of amides is 1. The highest BCUT2D eigenvalue weighted by molar-refractivity contribution is 7.98. The second-order valence-corrected chi connectivity index (χ2v) is 7.84. The number of carbonyl (C=O) groups excluding carboxylic acids is 1. The molecule has 0 saturated carbocycles. The number of allylic oxidation sites excluding steroid dienone is 1. The molecule has 0 fully saturated rings. The molecule has 2 heterocycles. The summed E-state index contributed by atoms with van der Waals surface area (Å²) >= 11 is 7.61. The number of nitrogens with two attached hydrogens (primary N) is 1. The van der Waals surface area contributed by atoms with Crippen molar-refractivity contribution < 1.29 is 9.18 Å². The van der Waals surface area contributed by atoms with Crippen LogP contribution in [0.25, 0.3) is 0 Å². The van der Waals surface area contributed by atoms with Crippen LogP contribution in [-0.4, -0.2) is 20.7 Å². The normalized spacial score (nSPS) is 15.8. The van der Waals surface area contributed by atoms with Gasteiger partial charge in [0, 0.05) is 22.0 Å². The summed E-state index contributed by atoms with van der Waals surface area (Å²) in [5, 5.41) is 8.71. The van der Waals surface area contributed by atoms with E-state index in [1.54, 1.807) is 25.1 Å². The Morgan fingerprint density at radius 2 is 2.00 bits per heavy atom. The molecule has 1 unspecified atom stereocenters. The van der Waals surface area contributed by atoms with E-state index in [1.807, 2.05) is 24.3 Å². The Hall–Kier alpha value is -2.84. The fraction of sp³-hybridized carbons (Fsp3) is 0.150. The van der Waals surface area contributed by atoms with Gasteiger partial charge in [0.25, 0.3) is 0 Å². The first kappa shape index (κ1) is 19.5. The van der Waals surface area contributed by atoms with Crippen LogP contribution in [0.1, 0.15) is 24.1 Å². The third kappa shape index (κ3) is 3.73. The first-order valence-corrected chi connectivity index (χ1v) is 10.2. The minimum Gasteiger partial charge on any atom is -0.366 e. The number of anilines is 1. The van der Waals surface area contributed by atoms with Crippen LogP contribution in [0, 0.1) is 5.82 Å². The first-order chi connectivity index (χ1) is 14.0. The lowest BCUT2D eigenvalue weighted by Crippen LogP contribution is -2.32. The molecule has 0 radical (unpaired) electrons. The van der Waals surface area contributed by atoms with Gasteiger partial charge in [-0.05, 0) is 24.6 Å². The minimum atomic E-state index is -0.799. The highest BCUT2D eigenvalue weighted by Gasteiger charge is 2.34. The zero-order valence-corrected chi connectivity index (χ0v) is 17.0. The van der Waals surface area contributed by atoms with E-state index in [0.29, 0.717) is 33.1 Å². The first-order valence-electron chi connectivity index (χ1n) is 8.80. The molecule has 9 heteroatoms. The fourth-order valence-corrected chi connectivity index (χ4v) is 4.37. The van der Waals surface area contributed by atoms with Crippen molar-refractivity contribution >= 4 is 35.2 Å². The maximum absolute atomic E-state index is 14.6. The molecule has 0 aliphatic carbocycles. The number of aromatic nitrogens is 3. The van der Waals surface area contributed by atoms with Crippen LogP contribution in [0.5, 0.6) is 0 Å². The number of primary amides is 1. The van der Waals surface area contributed by atoms with Gasteiger partial charge in [-0.1, -0.05) is 59.8 Å². The molecule has 1 aliphatic heterocycles. The van der Waals surface area contributed by atoms with Gasteiger partial charge in [0.15, 0.2) is 0 Å². The molecule has 0 spiro atoms. The van der Waals surface area contributed by atoms with Gasteiger partial charge in [-0.15, -0.1) is 5.10 Å². The van der Waals surface area contributed by atoms with Crippen LogP contribution in [0.4, 0.5) is 10.3 Å². The zero-order chi connectivity index (χ0) is 20.5. The Morgan fingerprint density at radius 1 is 1.28 bits per heavy atom. The van der Waals surface area contributed by atoms with E-state index >= 15 is 0 Å². The minimum absolute atomic E-state index is 0.246. The zero-order valence-electron chi connectivity index (χ0n) is 15.4. The van der Waals surface area contributed by atoms with Crippen molar-refractivity contribution in [2.45, 2.75) is 23.9 Å². The molecular weight excluding hydrogens is 413 g/mol. The van der Waals surface area contributed by atoms with Crippen molar-refractivity contribution in [1.82, 2.24) is 14.8 Å². The third-order valence-corrected chi connectivity index (χ3v) is 5.87. The van der Waals surface area contributed by atoms with Gasteiger partial charge in [-0.3, -0.25) is 4.79 Å². The number of benzene rings is 2. The summed E-state index contributed by atoms with van der Waals surface area (Å²) in [5.74, 6) is -0.0995. The van der Waals surface area contributed by atoms with Crippen LogP contribution >= 0.6 is 23.4 Å².